The molecule has 1 radical (unpaired) electrons. The molecule has 3 rings (SSSR count). The Balaban J connectivity index is 0.000000559. The minimum absolute atomic E-state index is 0. The quantitative estimate of drug-likeness (QED) is 0.334. The van der Waals surface area contributed by atoms with Crippen molar-refractivity contribution in [3.63, 3.8) is 0 Å². The molecule has 0 aliphatic heterocycles. The Morgan fingerprint density at radius 3 is 2.09 bits per heavy atom. The second kappa shape index (κ2) is 8.40. The number of fused-ring (bicyclic) bond motifs is 3. The van der Waals surface area contributed by atoms with Crippen LogP contribution in [0, 0.1) is 0 Å². The molecule has 2 heterocycles. The third-order valence-corrected chi connectivity index (χ3v) is 2.72. The Morgan fingerprint density at radius 1 is 1.00 bits per heavy atom. The van der Waals surface area contributed by atoms with Crippen molar-refractivity contribution in [3.8, 4) is 0 Å². The van der Waals surface area contributed by atoms with Gasteiger partial charge in [0.25, 0.3) is 0 Å². The van der Waals surface area contributed by atoms with Gasteiger partial charge in [0.1, 0.15) is 0 Å². The molecule has 113 valence electrons. The fraction of sp³-hybridized carbons (Fsp3) is 0. The van der Waals surface area contributed by atoms with Gasteiger partial charge in [0.15, 0.2) is 0 Å². The van der Waals surface area contributed by atoms with Gasteiger partial charge >= 0.3 is 18.6 Å². The topological polar surface area (TPSA) is 135 Å². The van der Waals surface area contributed by atoms with Crippen LogP contribution in [-0.4, -0.2) is 27.5 Å². The first-order valence-corrected chi connectivity index (χ1v) is 7.02. The van der Waals surface area contributed by atoms with E-state index in [-0.39, 0.29) is 24.0 Å². The predicted molar refractivity (Wildman–Crippen MR) is 73.2 cm³/mol. The van der Waals surface area contributed by atoms with Gasteiger partial charge in [-0.1, -0.05) is 17.7 Å². The minimum Gasteiger partial charge on any atom is -2.00 e. The number of pyridine rings is 2. The van der Waals surface area contributed by atoms with E-state index in [0.29, 0.717) is 0 Å². The second-order valence-electron chi connectivity index (χ2n) is 3.74. The number of benzene rings is 1. The van der Waals surface area contributed by atoms with Gasteiger partial charge in [-0.3, -0.25) is 18.4 Å². The monoisotopic (exact) mass is 377 g/mol. The molecule has 0 atom stereocenters. The maximum absolute atomic E-state index is 8.52. The summed E-state index contributed by atoms with van der Waals surface area (Å²) in [5, 5.41) is 2.69. The van der Waals surface area contributed by atoms with E-state index < -0.39 is 10.4 Å². The Bertz CT molecular complexity index is 868. The molecule has 0 unspecified atom stereocenters. The summed E-state index contributed by atoms with van der Waals surface area (Å²) in [4.78, 5) is 8.65. The van der Waals surface area contributed by atoms with Gasteiger partial charge in [0.2, 0.25) is 0 Å². The minimum atomic E-state index is -5.17. The summed E-state index contributed by atoms with van der Waals surface area (Å²) >= 11 is 6.17. The van der Waals surface area contributed by atoms with Crippen LogP contribution in [0.1, 0.15) is 0 Å². The second-order valence-corrected chi connectivity index (χ2v) is 4.97. The molecule has 7 nitrogen and oxygen atoms in total. The third-order valence-electron chi connectivity index (χ3n) is 2.41. The van der Waals surface area contributed by atoms with E-state index in [0.717, 1.165) is 26.8 Å². The summed E-state index contributed by atoms with van der Waals surface area (Å²) in [6.07, 6.45) is 3.52. The van der Waals surface area contributed by atoms with Crippen LogP contribution in [0.15, 0.2) is 42.7 Å². The van der Waals surface area contributed by atoms with E-state index >= 15 is 0 Å². The molecule has 10 heteroatoms. The molecule has 0 amide bonds. The Kier molecular flexibility index (Phi) is 7.92. The molecular formula is C12H7ClN2O5SV. The van der Waals surface area contributed by atoms with Gasteiger partial charge in [0.05, 0.1) is 16.1 Å². The molecular weight excluding hydrogens is 371 g/mol. The van der Waals surface area contributed by atoms with Crippen molar-refractivity contribution < 1.29 is 41.6 Å². The van der Waals surface area contributed by atoms with Crippen LogP contribution in [-0.2, 0) is 34.4 Å². The number of rotatable bonds is 0. The van der Waals surface area contributed by atoms with Gasteiger partial charge in [0, 0.05) is 33.6 Å². The molecule has 0 N–H and O–H groups in total. The van der Waals surface area contributed by atoms with E-state index in [1.54, 1.807) is 12.4 Å². The maximum atomic E-state index is 8.52. The fourth-order valence-electron chi connectivity index (χ4n) is 1.73. The van der Waals surface area contributed by atoms with Gasteiger partial charge in [-0.25, -0.2) is 0 Å². The molecule has 3 aromatic rings. The van der Waals surface area contributed by atoms with Crippen LogP contribution >= 0.6 is 11.6 Å². The zero-order valence-electron chi connectivity index (χ0n) is 10.7. The average Bonchev–Trinajstić information content (AvgIpc) is 2.37. The van der Waals surface area contributed by atoms with Gasteiger partial charge in [-0.05, 0) is 24.3 Å². The summed E-state index contributed by atoms with van der Waals surface area (Å²) in [7, 11) is -5.17. The summed E-state index contributed by atoms with van der Waals surface area (Å²) in [6.45, 7) is 0. The first kappa shape index (κ1) is 20.7. The van der Waals surface area contributed by atoms with Crippen LogP contribution in [0.25, 0.3) is 21.8 Å². The molecule has 0 aliphatic carbocycles. The molecule has 0 aliphatic rings. The van der Waals surface area contributed by atoms with Crippen molar-refractivity contribution in [3.05, 3.63) is 47.7 Å². The molecule has 0 saturated heterocycles. The molecule has 1 aromatic carbocycles. The van der Waals surface area contributed by atoms with Crippen LogP contribution < -0.4 is 0 Å². The van der Waals surface area contributed by atoms with Gasteiger partial charge in [-0.2, -0.15) is 0 Å². The number of hydrogen-bond acceptors (Lipinski definition) is 6. The Labute approximate surface area is 143 Å². The summed E-state index contributed by atoms with van der Waals surface area (Å²) in [5.41, 5.74) is 1.76. The maximum Gasteiger partial charge on any atom is 4.00 e. The molecule has 0 saturated carbocycles. The number of halogens is 1. The van der Waals surface area contributed by atoms with Crippen molar-refractivity contribution in [2.45, 2.75) is 0 Å². The first-order chi connectivity index (χ1) is 9.36. The zero-order chi connectivity index (χ0) is 14.8. The van der Waals surface area contributed by atoms with Crippen molar-refractivity contribution in [2.24, 2.45) is 0 Å². The Morgan fingerprint density at radius 2 is 1.50 bits per heavy atom. The van der Waals surface area contributed by atoms with Gasteiger partial charge < -0.3 is 14.6 Å². The molecule has 0 bridgehead atoms. The van der Waals surface area contributed by atoms with E-state index in [1.807, 2.05) is 30.3 Å². The third kappa shape index (κ3) is 5.50. The molecule has 22 heavy (non-hydrogen) atoms. The van der Waals surface area contributed by atoms with Crippen molar-refractivity contribution in [1.29, 1.82) is 0 Å². The smallest absolute Gasteiger partial charge is 2.00 e. The number of nitrogens with zero attached hydrogens (tertiary/aromatic N) is 2. The van der Waals surface area contributed by atoms with Crippen LogP contribution in [0.4, 0.5) is 0 Å². The number of aromatic nitrogens is 2. The standard InChI is InChI=1S/C12H7ClN2.H2O4S.O.V/c13-10-7-8-3-1-5-14-11(8)12-9(10)4-2-6-15-12;1-5(2,3)4;;/h1-7H;(H2,1,2,3,4);;/q;;-2;+4/p-2. The largest absolute Gasteiger partial charge is 4.00 e. The van der Waals surface area contributed by atoms with Crippen LogP contribution in [0.2, 0.25) is 5.02 Å². The van der Waals surface area contributed by atoms with E-state index in [9.17, 15) is 0 Å². The normalized spacial score (nSPS) is 10.1. The summed E-state index contributed by atoms with van der Waals surface area (Å²) in [5.74, 6) is 0. The van der Waals surface area contributed by atoms with Crippen molar-refractivity contribution >= 4 is 43.8 Å². The number of hydrogen-bond donors (Lipinski definition) is 0. The first-order valence-electron chi connectivity index (χ1n) is 5.31. The average molecular weight is 378 g/mol. The predicted octanol–water partition coefficient (Wildman–Crippen LogP) is 1.98. The molecule has 2 aromatic heterocycles. The zero-order valence-corrected chi connectivity index (χ0v) is 13.7. The molecule has 0 spiro atoms. The van der Waals surface area contributed by atoms with Crippen LogP contribution in [0.3, 0.4) is 0 Å². The summed E-state index contributed by atoms with van der Waals surface area (Å²) < 4.78 is 34.1. The fourth-order valence-corrected chi connectivity index (χ4v) is 2.00. The van der Waals surface area contributed by atoms with Crippen LogP contribution in [0.5, 0.6) is 0 Å². The Hall–Kier alpha value is -1.26. The SMILES string of the molecule is Clc1cc2cccnc2c2ncccc12.O=S(=O)([O-])[O-].[O-2].[V+4]. The molecule has 0 fully saturated rings. The van der Waals surface area contributed by atoms with E-state index in [1.165, 1.54) is 0 Å². The van der Waals surface area contributed by atoms with E-state index in [2.05, 4.69) is 9.97 Å². The van der Waals surface area contributed by atoms with Crippen molar-refractivity contribution in [1.82, 2.24) is 9.97 Å². The van der Waals surface area contributed by atoms with Crippen molar-refractivity contribution in [2.75, 3.05) is 0 Å². The van der Waals surface area contributed by atoms with E-state index in [4.69, 9.17) is 29.1 Å². The summed E-state index contributed by atoms with van der Waals surface area (Å²) in [6, 6.07) is 9.64. The van der Waals surface area contributed by atoms with Gasteiger partial charge in [-0.15, -0.1) is 0 Å².